The van der Waals surface area contributed by atoms with Crippen LogP contribution in [0.1, 0.15) is 49.7 Å². The van der Waals surface area contributed by atoms with Crippen LogP contribution in [0.3, 0.4) is 0 Å². The second-order valence-corrected chi connectivity index (χ2v) is 6.97. The highest BCUT2D eigenvalue weighted by Gasteiger charge is 2.41. The summed E-state index contributed by atoms with van der Waals surface area (Å²) in [5, 5.41) is 0. The summed E-state index contributed by atoms with van der Waals surface area (Å²) in [4.78, 5) is 14.8. The minimum Gasteiger partial charge on any atom is -0.335 e. The van der Waals surface area contributed by atoms with E-state index in [4.69, 9.17) is 5.73 Å². The number of rotatable bonds is 6. The van der Waals surface area contributed by atoms with E-state index in [0.29, 0.717) is 24.9 Å². The molecular formula is C18H26N2O. The largest absolute Gasteiger partial charge is 0.335 e. The number of aryl methyl sites for hydroxylation is 1. The maximum absolute atomic E-state index is 12.7. The Hall–Kier alpha value is -1.35. The first-order valence-electron chi connectivity index (χ1n) is 8.17. The minimum absolute atomic E-state index is 0.109. The third kappa shape index (κ3) is 3.29. The molecule has 3 nitrogen and oxygen atoms in total. The summed E-state index contributed by atoms with van der Waals surface area (Å²) in [6, 6.07) is 8.99. The molecule has 3 heteroatoms. The molecule has 0 bridgehead atoms. The molecule has 2 saturated carbocycles. The lowest BCUT2D eigenvalue weighted by Gasteiger charge is -2.41. The van der Waals surface area contributed by atoms with Crippen LogP contribution < -0.4 is 5.73 Å². The van der Waals surface area contributed by atoms with Crippen molar-refractivity contribution in [3.8, 4) is 0 Å². The SMILES string of the molecule is Cc1ccc(CN(C(=O)CC2(CN)CCC2)C2CC2)cc1. The summed E-state index contributed by atoms with van der Waals surface area (Å²) >= 11 is 0. The molecule has 21 heavy (non-hydrogen) atoms. The van der Waals surface area contributed by atoms with Crippen molar-refractivity contribution in [3.63, 3.8) is 0 Å². The highest BCUT2D eigenvalue weighted by molar-refractivity contribution is 5.78. The Bertz CT molecular complexity index is 495. The number of carbonyl (C=O) groups is 1. The van der Waals surface area contributed by atoms with Gasteiger partial charge in [0.05, 0.1) is 0 Å². The molecule has 0 radical (unpaired) electrons. The van der Waals surface area contributed by atoms with Gasteiger partial charge in [0.25, 0.3) is 0 Å². The first-order chi connectivity index (χ1) is 10.1. The van der Waals surface area contributed by atoms with E-state index in [-0.39, 0.29) is 5.41 Å². The third-order valence-electron chi connectivity index (χ3n) is 5.15. The molecule has 0 saturated heterocycles. The van der Waals surface area contributed by atoms with E-state index in [2.05, 4.69) is 36.1 Å². The molecule has 1 aromatic carbocycles. The maximum Gasteiger partial charge on any atom is 0.223 e. The molecule has 0 atom stereocenters. The number of carbonyl (C=O) groups excluding carboxylic acids is 1. The molecule has 2 N–H and O–H groups in total. The number of benzene rings is 1. The molecule has 2 aliphatic rings. The molecule has 114 valence electrons. The lowest BCUT2D eigenvalue weighted by molar-refractivity contribution is -0.136. The van der Waals surface area contributed by atoms with Gasteiger partial charge in [-0.2, -0.15) is 0 Å². The first kappa shape index (κ1) is 14.6. The second-order valence-electron chi connectivity index (χ2n) is 6.97. The molecule has 0 aliphatic heterocycles. The second kappa shape index (κ2) is 5.80. The lowest BCUT2D eigenvalue weighted by atomic mass is 9.66. The summed E-state index contributed by atoms with van der Waals surface area (Å²) in [7, 11) is 0. The minimum atomic E-state index is 0.109. The molecule has 2 fully saturated rings. The zero-order valence-electron chi connectivity index (χ0n) is 13.0. The Balaban J connectivity index is 1.66. The molecule has 0 spiro atoms. The molecule has 0 aromatic heterocycles. The number of nitrogens with two attached hydrogens (primary N) is 1. The van der Waals surface area contributed by atoms with Gasteiger partial charge in [0.15, 0.2) is 0 Å². The molecule has 1 aromatic rings. The van der Waals surface area contributed by atoms with Crippen LogP contribution in [0.4, 0.5) is 0 Å². The standard InChI is InChI=1S/C18H26N2O/c1-14-3-5-15(6-4-14)12-20(16-7-8-16)17(21)11-18(13-19)9-2-10-18/h3-6,16H,2,7-13,19H2,1H3. The summed E-state index contributed by atoms with van der Waals surface area (Å²) in [5.41, 5.74) is 8.51. The van der Waals surface area contributed by atoms with Gasteiger partial charge in [-0.15, -0.1) is 0 Å². The quantitative estimate of drug-likeness (QED) is 0.874. The van der Waals surface area contributed by atoms with Crippen LogP contribution in [0.15, 0.2) is 24.3 Å². The van der Waals surface area contributed by atoms with E-state index in [9.17, 15) is 4.79 Å². The Morgan fingerprint density at radius 2 is 1.95 bits per heavy atom. The summed E-state index contributed by atoms with van der Waals surface area (Å²) in [6.07, 6.45) is 6.44. The Labute approximate surface area is 127 Å². The van der Waals surface area contributed by atoms with Crippen LogP contribution in [0.25, 0.3) is 0 Å². The van der Waals surface area contributed by atoms with E-state index in [0.717, 1.165) is 32.2 Å². The van der Waals surface area contributed by atoms with Crippen molar-refractivity contribution < 1.29 is 4.79 Å². The predicted octanol–water partition coefficient (Wildman–Crippen LogP) is 3.01. The topological polar surface area (TPSA) is 46.3 Å². The third-order valence-corrected chi connectivity index (χ3v) is 5.15. The van der Waals surface area contributed by atoms with Crippen molar-refractivity contribution in [3.05, 3.63) is 35.4 Å². The molecule has 2 aliphatic carbocycles. The fourth-order valence-electron chi connectivity index (χ4n) is 3.25. The van der Waals surface area contributed by atoms with E-state index in [1.165, 1.54) is 17.5 Å². The Morgan fingerprint density at radius 1 is 1.29 bits per heavy atom. The monoisotopic (exact) mass is 286 g/mol. The van der Waals surface area contributed by atoms with Crippen LogP contribution in [0, 0.1) is 12.3 Å². The van der Waals surface area contributed by atoms with Gasteiger partial charge >= 0.3 is 0 Å². The number of amides is 1. The van der Waals surface area contributed by atoms with Gasteiger partial charge in [-0.25, -0.2) is 0 Å². The zero-order valence-corrected chi connectivity index (χ0v) is 13.0. The fourth-order valence-corrected chi connectivity index (χ4v) is 3.25. The lowest BCUT2D eigenvalue weighted by Crippen LogP contribution is -2.43. The van der Waals surface area contributed by atoms with Crippen LogP contribution >= 0.6 is 0 Å². The van der Waals surface area contributed by atoms with Gasteiger partial charge in [0, 0.05) is 19.0 Å². The van der Waals surface area contributed by atoms with Crippen LogP contribution in [0.5, 0.6) is 0 Å². The fraction of sp³-hybridized carbons (Fsp3) is 0.611. The van der Waals surface area contributed by atoms with Crippen LogP contribution in [-0.4, -0.2) is 23.4 Å². The van der Waals surface area contributed by atoms with Crippen molar-refractivity contribution in [2.75, 3.05) is 6.54 Å². The molecule has 0 unspecified atom stereocenters. The summed E-state index contributed by atoms with van der Waals surface area (Å²) in [5.74, 6) is 0.309. The van der Waals surface area contributed by atoms with Gasteiger partial charge in [-0.05, 0) is 50.1 Å². The molecule has 1 amide bonds. The average molecular weight is 286 g/mol. The van der Waals surface area contributed by atoms with Crippen molar-refractivity contribution in [1.29, 1.82) is 0 Å². The van der Waals surface area contributed by atoms with Crippen molar-refractivity contribution in [2.45, 2.75) is 58.0 Å². The molecular weight excluding hydrogens is 260 g/mol. The maximum atomic E-state index is 12.7. The van der Waals surface area contributed by atoms with Gasteiger partial charge < -0.3 is 10.6 Å². The van der Waals surface area contributed by atoms with Crippen molar-refractivity contribution in [1.82, 2.24) is 4.90 Å². The molecule has 0 heterocycles. The average Bonchev–Trinajstić information content (AvgIpc) is 3.26. The van der Waals surface area contributed by atoms with E-state index < -0.39 is 0 Å². The highest BCUT2D eigenvalue weighted by atomic mass is 16.2. The summed E-state index contributed by atoms with van der Waals surface area (Å²) < 4.78 is 0. The summed E-state index contributed by atoms with van der Waals surface area (Å²) in [6.45, 7) is 3.50. The first-order valence-corrected chi connectivity index (χ1v) is 8.17. The van der Waals surface area contributed by atoms with Crippen molar-refractivity contribution in [2.24, 2.45) is 11.1 Å². The predicted molar refractivity (Wildman–Crippen MR) is 84.7 cm³/mol. The molecule has 3 rings (SSSR count). The highest BCUT2D eigenvalue weighted by Crippen LogP contribution is 2.44. The van der Waals surface area contributed by atoms with Crippen molar-refractivity contribution >= 4 is 5.91 Å². The van der Waals surface area contributed by atoms with E-state index in [1.807, 2.05) is 0 Å². The number of hydrogen-bond donors (Lipinski definition) is 1. The van der Waals surface area contributed by atoms with Crippen LogP contribution in [0.2, 0.25) is 0 Å². The van der Waals surface area contributed by atoms with Crippen LogP contribution in [-0.2, 0) is 11.3 Å². The van der Waals surface area contributed by atoms with Gasteiger partial charge in [-0.1, -0.05) is 36.2 Å². The Kier molecular flexibility index (Phi) is 4.03. The Morgan fingerprint density at radius 3 is 2.43 bits per heavy atom. The number of nitrogens with zero attached hydrogens (tertiary/aromatic N) is 1. The zero-order chi connectivity index (χ0) is 14.9. The van der Waals surface area contributed by atoms with E-state index in [1.54, 1.807) is 0 Å². The van der Waals surface area contributed by atoms with Gasteiger partial charge in [-0.3, -0.25) is 4.79 Å². The van der Waals surface area contributed by atoms with Gasteiger partial charge in [0.1, 0.15) is 0 Å². The normalized spacial score (nSPS) is 19.9. The van der Waals surface area contributed by atoms with E-state index >= 15 is 0 Å². The smallest absolute Gasteiger partial charge is 0.223 e. The van der Waals surface area contributed by atoms with Gasteiger partial charge in [0.2, 0.25) is 5.91 Å². The number of hydrogen-bond acceptors (Lipinski definition) is 2.